The Kier molecular flexibility index (Phi) is 7.83. The zero-order valence-corrected chi connectivity index (χ0v) is 21.6. The quantitative estimate of drug-likeness (QED) is 0.466. The summed E-state index contributed by atoms with van der Waals surface area (Å²) in [6, 6.07) is 9.56. The van der Waals surface area contributed by atoms with E-state index in [1.54, 1.807) is 18.4 Å². The summed E-state index contributed by atoms with van der Waals surface area (Å²) in [4.78, 5) is 21.4. The summed E-state index contributed by atoms with van der Waals surface area (Å²) in [5, 5.41) is 4.62. The molecule has 3 aromatic rings. The Morgan fingerprint density at radius 3 is 2.50 bits per heavy atom. The fourth-order valence-electron chi connectivity index (χ4n) is 3.73. The second kappa shape index (κ2) is 10.7. The topological polar surface area (TPSA) is 91.8 Å². The van der Waals surface area contributed by atoms with Crippen molar-refractivity contribution in [3.05, 3.63) is 46.4 Å². The monoisotopic (exact) mass is 542 g/mol. The van der Waals surface area contributed by atoms with Crippen molar-refractivity contribution < 1.29 is 17.9 Å². The van der Waals surface area contributed by atoms with Gasteiger partial charge < -0.3 is 15.0 Å². The lowest BCUT2D eigenvalue weighted by atomic mass is 10.3. The highest BCUT2D eigenvalue weighted by atomic mass is 35.5. The second-order valence-corrected chi connectivity index (χ2v) is 11.7. The lowest BCUT2D eigenvalue weighted by molar-refractivity contribution is -0.118. The lowest BCUT2D eigenvalue weighted by Crippen LogP contribution is -2.48. The number of hydrogen-bond donors (Lipinski definition) is 1. The summed E-state index contributed by atoms with van der Waals surface area (Å²) in [6.07, 6.45) is 0. The fraction of sp³-hybridized carbons (Fsp3) is 0.364. The van der Waals surface area contributed by atoms with Crippen LogP contribution in [0.3, 0.4) is 0 Å². The van der Waals surface area contributed by atoms with E-state index in [0.29, 0.717) is 28.9 Å². The van der Waals surface area contributed by atoms with Gasteiger partial charge in [0.25, 0.3) is 0 Å². The number of carbonyl (C=O) groups excluding carboxylic acids is 1. The van der Waals surface area contributed by atoms with Crippen molar-refractivity contribution in [3.63, 3.8) is 0 Å². The zero-order valence-electron chi connectivity index (χ0n) is 18.5. The molecule has 0 bridgehead atoms. The van der Waals surface area contributed by atoms with Crippen LogP contribution >= 0.6 is 34.5 Å². The molecule has 0 spiro atoms. The van der Waals surface area contributed by atoms with E-state index in [1.165, 1.54) is 24.3 Å². The predicted molar refractivity (Wildman–Crippen MR) is 136 cm³/mol. The van der Waals surface area contributed by atoms with Crippen LogP contribution in [-0.2, 0) is 14.6 Å². The normalized spacial score (nSPS) is 15.0. The van der Waals surface area contributed by atoms with Gasteiger partial charge in [0.1, 0.15) is 11.3 Å². The largest absolute Gasteiger partial charge is 0.493 e. The molecule has 8 nitrogen and oxygen atoms in total. The Bertz CT molecular complexity index is 1270. The minimum atomic E-state index is -3.70. The first-order valence-corrected chi connectivity index (χ1v) is 13.8. The molecule has 1 N–H and O–H groups in total. The maximum absolute atomic E-state index is 12.4. The van der Waals surface area contributed by atoms with E-state index in [9.17, 15) is 13.2 Å². The van der Waals surface area contributed by atoms with Crippen molar-refractivity contribution in [1.82, 2.24) is 15.2 Å². The minimum absolute atomic E-state index is 0.0814. The number of anilines is 1. The first kappa shape index (κ1) is 25.0. The number of amides is 1. The molecule has 0 aliphatic carbocycles. The van der Waals surface area contributed by atoms with Gasteiger partial charge in [-0.3, -0.25) is 9.69 Å². The lowest BCUT2D eigenvalue weighted by Gasteiger charge is -2.34. The molecule has 1 aromatic heterocycles. The number of piperazine rings is 1. The smallest absolute Gasteiger partial charge is 0.235 e. The SMILES string of the molecule is COc1c(Cl)ccc2sc(N3CCN(CCNC(=O)CS(=O)(=O)c4ccc(Cl)cc4)CC3)nc12. The highest BCUT2D eigenvalue weighted by molar-refractivity contribution is 7.92. The van der Waals surface area contributed by atoms with E-state index in [-0.39, 0.29) is 4.90 Å². The molecule has 1 aliphatic rings. The molecule has 1 aliphatic heterocycles. The number of nitrogens with one attached hydrogen (secondary N) is 1. The highest BCUT2D eigenvalue weighted by Crippen LogP contribution is 2.38. The van der Waals surface area contributed by atoms with Gasteiger partial charge in [-0.15, -0.1) is 0 Å². The molecule has 1 amide bonds. The van der Waals surface area contributed by atoms with Crippen LogP contribution in [0.15, 0.2) is 41.3 Å². The van der Waals surface area contributed by atoms with Gasteiger partial charge in [-0.1, -0.05) is 34.5 Å². The molecule has 1 saturated heterocycles. The molecule has 2 aromatic carbocycles. The van der Waals surface area contributed by atoms with Gasteiger partial charge in [0.2, 0.25) is 5.91 Å². The third-order valence-electron chi connectivity index (χ3n) is 5.55. The number of thiazole rings is 1. The molecular formula is C22H24Cl2N4O4S2. The summed E-state index contributed by atoms with van der Waals surface area (Å²) < 4.78 is 31.2. The van der Waals surface area contributed by atoms with Gasteiger partial charge in [0.15, 0.2) is 20.7 Å². The van der Waals surface area contributed by atoms with Crippen LogP contribution in [0.4, 0.5) is 5.13 Å². The van der Waals surface area contributed by atoms with Gasteiger partial charge in [-0.2, -0.15) is 0 Å². The highest BCUT2D eigenvalue weighted by Gasteiger charge is 2.22. The maximum atomic E-state index is 12.4. The summed E-state index contributed by atoms with van der Waals surface area (Å²) in [6.45, 7) is 4.25. The molecule has 2 heterocycles. The van der Waals surface area contributed by atoms with Crippen LogP contribution in [0.1, 0.15) is 0 Å². The average Bonchev–Trinajstić information content (AvgIpc) is 3.24. The summed E-state index contributed by atoms with van der Waals surface area (Å²) in [5.74, 6) is -0.516. The van der Waals surface area contributed by atoms with E-state index in [2.05, 4.69) is 15.1 Å². The number of nitrogens with zero attached hydrogens (tertiary/aromatic N) is 3. The van der Waals surface area contributed by atoms with Crippen LogP contribution in [0.25, 0.3) is 10.2 Å². The third-order valence-corrected chi connectivity index (χ3v) is 8.81. The summed E-state index contributed by atoms with van der Waals surface area (Å²) in [5.41, 5.74) is 0.772. The van der Waals surface area contributed by atoms with Crippen molar-refractivity contribution in [1.29, 1.82) is 0 Å². The second-order valence-electron chi connectivity index (χ2n) is 7.82. The van der Waals surface area contributed by atoms with Crippen LogP contribution in [0.2, 0.25) is 10.0 Å². The number of hydrogen-bond acceptors (Lipinski definition) is 8. The van der Waals surface area contributed by atoms with Crippen LogP contribution in [-0.4, -0.2) is 76.3 Å². The number of halogens is 2. The predicted octanol–water partition coefficient (Wildman–Crippen LogP) is 3.32. The number of methoxy groups -OCH3 is 1. The molecule has 0 saturated carbocycles. The van der Waals surface area contributed by atoms with Gasteiger partial charge in [-0.25, -0.2) is 13.4 Å². The van der Waals surface area contributed by atoms with Crippen LogP contribution < -0.4 is 15.0 Å². The summed E-state index contributed by atoms with van der Waals surface area (Å²) >= 11 is 13.6. The van der Waals surface area contributed by atoms with Crippen LogP contribution in [0.5, 0.6) is 5.75 Å². The Hall–Kier alpha value is -2.11. The van der Waals surface area contributed by atoms with Crippen molar-refractivity contribution in [2.75, 3.05) is 57.0 Å². The molecule has 4 rings (SSSR count). The first-order chi connectivity index (χ1) is 16.3. The Morgan fingerprint density at radius 1 is 1.12 bits per heavy atom. The van der Waals surface area contributed by atoms with E-state index < -0.39 is 21.5 Å². The molecule has 34 heavy (non-hydrogen) atoms. The number of benzene rings is 2. The van der Waals surface area contributed by atoms with Gasteiger partial charge >= 0.3 is 0 Å². The van der Waals surface area contributed by atoms with E-state index in [4.69, 9.17) is 32.9 Å². The Labute approximate surface area is 212 Å². The maximum Gasteiger partial charge on any atom is 0.235 e. The minimum Gasteiger partial charge on any atom is -0.493 e. The number of rotatable bonds is 8. The standard InChI is InChI=1S/C22H24Cl2N4O4S2/c1-32-21-17(24)6-7-18-20(21)26-22(33-18)28-12-10-27(11-13-28)9-8-25-19(29)14-34(30,31)16-4-2-15(23)3-5-16/h2-7H,8-14H2,1H3,(H,25,29). The molecule has 0 radical (unpaired) electrons. The zero-order chi connectivity index (χ0) is 24.3. The van der Waals surface area contributed by atoms with Crippen molar-refractivity contribution in [2.45, 2.75) is 4.90 Å². The Morgan fingerprint density at radius 2 is 1.82 bits per heavy atom. The number of ether oxygens (including phenoxy) is 1. The average molecular weight is 543 g/mol. The van der Waals surface area contributed by atoms with E-state index >= 15 is 0 Å². The Balaban J connectivity index is 1.24. The number of aromatic nitrogens is 1. The van der Waals surface area contributed by atoms with E-state index in [0.717, 1.165) is 41.5 Å². The fourth-order valence-corrected chi connectivity index (χ4v) is 6.26. The molecule has 0 unspecified atom stereocenters. The van der Waals surface area contributed by atoms with Gasteiger partial charge in [0, 0.05) is 44.3 Å². The van der Waals surface area contributed by atoms with Crippen molar-refractivity contribution in [3.8, 4) is 5.75 Å². The molecule has 1 fully saturated rings. The molecular weight excluding hydrogens is 519 g/mol. The third kappa shape index (κ3) is 5.75. The van der Waals surface area contributed by atoms with Gasteiger partial charge in [-0.05, 0) is 36.4 Å². The molecule has 0 atom stereocenters. The first-order valence-electron chi connectivity index (χ1n) is 10.6. The molecule has 12 heteroatoms. The van der Waals surface area contributed by atoms with Crippen LogP contribution in [0, 0.1) is 0 Å². The number of fused-ring (bicyclic) bond motifs is 1. The number of sulfone groups is 1. The van der Waals surface area contributed by atoms with Crippen molar-refractivity contribution in [2.24, 2.45) is 0 Å². The number of carbonyl (C=O) groups is 1. The van der Waals surface area contributed by atoms with E-state index in [1.807, 2.05) is 12.1 Å². The summed E-state index contributed by atoms with van der Waals surface area (Å²) in [7, 11) is -2.11. The van der Waals surface area contributed by atoms with Crippen molar-refractivity contribution >= 4 is 65.6 Å². The molecule has 182 valence electrons. The van der Waals surface area contributed by atoms with Gasteiger partial charge in [0.05, 0.1) is 21.7 Å².